The monoisotopic (exact) mass is 333 g/mol. The Labute approximate surface area is 130 Å². The number of thioether (sulfide) groups is 4. The van der Waals surface area contributed by atoms with Crippen molar-refractivity contribution in [2.24, 2.45) is 0 Å². The number of ether oxygens (including phenoxy) is 1. The smallest absolute Gasteiger partial charge is 0.246 e. The van der Waals surface area contributed by atoms with Gasteiger partial charge in [-0.2, -0.15) is 0 Å². The molecule has 0 aliphatic carbocycles. The molecule has 0 fully saturated rings. The fourth-order valence-electron chi connectivity index (χ4n) is 1.30. The Hall–Kier alpha value is 0.0500. The summed E-state index contributed by atoms with van der Waals surface area (Å²) in [5.41, 5.74) is 0. The molecule has 2 aliphatic rings. The number of carbonyl (C=O) groups excluding carboxylic acids is 1. The van der Waals surface area contributed by atoms with Gasteiger partial charge in [0.2, 0.25) is 5.91 Å². The molecule has 0 aromatic carbocycles. The van der Waals surface area contributed by atoms with Gasteiger partial charge < -0.3 is 10.1 Å². The third-order valence-corrected chi connectivity index (χ3v) is 7.19. The van der Waals surface area contributed by atoms with Crippen molar-refractivity contribution < 1.29 is 9.53 Å². The van der Waals surface area contributed by atoms with Gasteiger partial charge in [0.05, 0.1) is 15.1 Å². The van der Waals surface area contributed by atoms with Gasteiger partial charge in [-0.05, 0) is 22.6 Å². The first-order chi connectivity index (χ1) is 9.29. The van der Waals surface area contributed by atoms with Crippen LogP contribution in [-0.2, 0) is 9.53 Å². The second kappa shape index (κ2) is 8.36. The number of nitrogens with one attached hydrogen (secondary N) is 1. The molecule has 104 valence electrons. The molecule has 1 N–H and O–H groups in total. The highest BCUT2D eigenvalue weighted by Gasteiger charge is 2.18. The summed E-state index contributed by atoms with van der Waals surface area (Å²) in [6, 6.07) is 0. The summed E-state index contributed by atoms with van der Waals surface area (Å²) in [6.07, 6.45) is 0.948. The van der Waals surface area contributed by atoms with Crippen LogP contribution in [-0.4, -0.2) is 25.7 Å². The highest BCUT2D eigenvalue weighted by atomic mass is 32.2. The van der Waals surface area contributed by atoms with E-state index in [1.165, 1.54) is 13.4 Å². The van der Waals surface area contributed by atoms with E-state index in [1.807, 2.05) is 6.92 Å². The molecule has 1 amide bonds. The average Bonchev–Trinajstić information content (AvgIpc) is 3.06. The van der Waals surface area contributed by atoms with Crippen LogP contribution in [0.1, 0.15) is 13.3 Å². The fourth-order valence-corrected chi connectivity index (χ4v) is 5.72. The standard InChI is InChI=1S/C12H15NO2S4/c1-2-3-13-10(14)7-15-6-9-8-18-12(19-9)11-16-4-5-17-11/h4-5,8H,2-3,6-7H2,1H3,(H,13,14). The van der Waals surface area contributed by atoms with E-state index < -0.39 is 0 Å². The van der Waals surface area contributed by atoms with Crippen LogP contribution in [0.5, 0.6) is 0 Å². The SMILES string of the molecule is CCCNC(=O)COCC1=CSC(=C2SC=CS2)S1. The van der Waals surface area contributed by atoms with Gasteiger partial charge in [-0.15, -0.1) is 0 Å². The number of rotatable bonds is 6. The maximum atomic E-state index is 11.4. The third kappa shape index (κ3) is 5.15. The summed E-state index contributed by atoms with van der Waals surface area (Å²) in [7, 11) is 0. The molecule has 19 heavy (non-hydrogen) atoms. The minimum atomic E-state index is -0.0391. The normalized spacial score (nSPS) is 18.1. The molecule has 0 aromatic heterocycles. The number of amides is 1. The lowest BCUT2D eigenvalue weighted by molar-refractivity contribution is -0.125. The lowest BCUT2D eigenvalue weighted by atomic mass is 10.5. The Balaban J connectivity index is 1.65. The van der Waals surface area contributed by atoms with Crippen molar-refractivity contribution in [2.75, 3.05) is 19.8 Å². The van der Waals surface area contributed by atoms with E-state index in [9.17, 15) is 4.79 Å². The van der Waals surface area contributed by atoms with Gasteiger partial charge in [-0.3, -0.25) is 4.79 Å². The van der Waals surface area contributed by atoms with Gasteiger partial charge in [0.1, 0.15) is 6.61 Å². The van der Waals surface area contributed by atoms with Gasteiger partial charge >= 0.3 is 0 Å². The third-order valence-electron chi connectivity index (χ3n) is 2.14. The molecule has 0 aromatic rings. The van der Waals surface area contributed by atoms with Crippen LogP contribution in [0.2, 0.25) is 0 Å². The van der Waals surface area contributed by atoms with Crippen molar-refractivity contribution in [3.63, 3.8) is 0 Å². The zero-order valence-corrected chi connectivity index (χ0v) is 13.8. The van der Waals surface area contributed by atoms with Crippen LogP contribution >= 0.6 is 47.0 Å². The molecular weight excluding hydrogens is 318 g/mol. The molecular formula is C12H15NO2S4. The molecule has 0 spiro atoms. The highest BCUT2D eigenvalue weighted by molar-refractivity contribution is 8.33. The van der Waals surface area contributed by atoms with Crippen LogP contribution in [0.3, 0.4) is 0 Å². The fraction of sp³-hybridized carbons (Fsp3) is 0.417. The summed E-state index contributed by atoms with van der Waals surface area (Å²) in [5.74, 6) is -0.0391. The maximum absolute atomic E-state index is 11.4. The van der Waals surface area contributed by atoms with Gasteiger partial charge in [-0.25, -0.2) is 0 Å². The predicted octanol–water partition coefficient (Wildman–Crippen LogP) is 3.93. The van der Waals surface area contributed by atoms with Crippen LogP contribution in [0.4, 0.5) is 0 Å². The lowest BCUT2D eigenvalue weighted by Crippen LogP contribution is -2.28. The van der Waals surface area contributed by atoms with Crippen LogP contribution in [0.25, 0.3) is 0 Å². The molecule has 2 heterocycles. The number of hydrogen-bond acceptors (Lipinski definition) is 6. The minimum Gasteiger partial charge on any atom is -0.366 e. The summed E-state index contributed by atoms with van der Waals surface area (Å²) in [6.45, 7) is 3.39. The Kier molecular flexibility index (Phi) is 6.79. The van der Waals surface area contributed by atoms with Gasteiger partial charge in [0.15, 0.2) is 0 Å². The van der Waals surface area contributed by atoms with Crippen LogP contribution in [0.15, 0.2) is 29.6 Å². The molecule has 7 heteroatoms. The van der Waals surface area contributed by atoms with Gasteiger partial charge in [0.25, 0.3) is 0 Å². The predicted molar refractivity (Wildman–Crippen MR) is 88.7 cm³/mol. The second-order valence-corrected chi connectivity index (χ2v) is 8.10. The molecule has 2 rings (SSSR count). The zero-order valence-electron chi connectivity index (χ0n) is 10.5. The van der Waals surface area contributed by atoms with Crippen molar-refractivity contribution in [2.45, 2.75) is 13.3 Å². The molecule has 2 aliphatic heterocycles. The summed E-state index contributed by atoms with van der Waals surface area (Å²) in [4.78, 5) is 12.5. The molecule has 0 bridgehead atoms. The van der Waals surface area contributed by atoms with Crippen molar-refractivity contribution in [3.05, 3.63) is 29.6 Å². The molecule has 0 atom stereocenters. The first kappa shape index (κ1) is 15.4. The van der Waals surface area contributed by atoms with Crippen molar-refractivity contribution in [1.82, 2.24) is 5.32 Å². The van der Waals surface area contributed by atoms with Crippen LogP contribution in [0, 0.1) is 0 Å². The zero-order chi connectivity index (χ0) is 13.5. The Morgan fingerprint density at radius 3 is 2.79 bits per heavy atom. The quantitative estimate of drug-likeness (QED) is 0.794. The molecule has 0 unspecified atom stereocenters. The molecule has 3 nitrogen and oxygen atoms in total. The van der Waals surface area contributed by atoms with Gasteiger partial charge in [-0.1, -0.05) is 54.0 Å². The van der Waals surface area contributed by atoms with E-state index in [0.717, 1.165) is 6.42 Å². The van der Waals surface area contributed by atoms with Crippen molar-refractivity contribution in [1.29, 1.82) is 0 Å². The Morgan fingerprint density at radius 1 is 1.26 bits per heavy atom. The van der Waals surface area contributed by atoms with Crippen molar-refractivity contribution >= 4 is 53.0 Å². The molecule has 0 saturated heterocycles. The Bertz CT molecular complexity index is 421. The van der Waals surface area contributed by atoms with Crippen LogP contribution < -0.4 is 5.32 Å². The van der Waals surface area contributed by atoms with E-state index >= 15 is 0 Å². The Morgan fingerprint density at radius 2 is 2.05 bits per heavy atom. The first-order valence-electron chi connectivity index (χ1n) is 5.90. The summed E-state index contributed by atoms with van der Waals surface area (Å²) < 4.78 is 8.07. The van der Waals surface area contributed by atoms with Gasteiger partial charge in [0, 0.05) is 11.4 Å². The minimum absolute atomic E-state index is 0.0391. The topological polar surface area (TPSA) is 38.3 Å². The first-order valence-corrected chi connectivity index (χ1v) is 9.35. The number of hydrogen-bond donors (Lipinski definition) is 1. The van der Waals surface area contributed by atoms with E-state index in [1.54, 1.807) is 47.0 Å². The second-order valence-electron chi connectivity index (χ2n) is 3.73. The lowest BCUT2D eigenvalue weighted by Gasteiger charge is -2.05. The summed E-state index contributed by atoms with van der Waals surface area (Å²) in [5, 5.41) is 9.09. The number of carbonyl (C=O) groups is 1. The average molecular weight is 334 g/mol. The van der Waals surface area contributed by atoms with E-state index in [0.29, 0.717) is 13.2 Å². The highest BCUT2D eigenvalue weighted by Crippen LogP contribution is 2.52. The summed E-state index contributed by atoms with van der Waals surface area (Å²) >= 11 is 7.00. The largest absolute Gasteiger partial charge is 0.366 e. The maximum Gasteiger partial charge on any atom is 0.246 e. The molecule has 0 radical (unpaired) electrons. The van der Waals surface area contributed by atoms with Crippen molar-refractivity contribution in [3.8, 4) is 0 Å². The van der Waals surface area contributed by atoms with E-state index in [2.05, 4.69) is 21.5 Å². The van der Waals surface area contributed by atoms with E-state index in [-0.39, 0.29) is 12.5 Å². The van der Waals surface area contributed by atoms with E-state index in [4.69, 9.17) is 4.74 Å². The molecule has 0 saturated carbocycles.